The third kappa shape index (κ3) is 3.06. The van der Waals surface area contributed by atoms with Gasteiger partial charge >= 0.3 is 0 Å². The van der Waals surface area contributed by atoms with E-state index in [1.165, 1.54) is 0 Å². The van der Waals surface area contributed by atoms with Crippen LogP contribution in [0.15, 0.2) is 30.3 Å². The number of benzene rings is 1. The number of nitrogens with two attached hydrogens (primary N) is 1. The van der Waals surface area contributed by atoms with Crippen LogP contribution in [-0.4, -0.2) is 4.98 Å². The van der Waals surface area contributed by atoms with Crippen molar-refractivity contribution in [3.63, 3.8) is 0 Å². The van der Waals surface area contributed by atoms with E-state index < -0.39 is 0 Å². The first-order valence-electron chi connectivity index (χ1n) is 5.36. The van der Waals surface area contributed by atoms with Crippen LogP contribution in [0.3, 0.4) is 0 Å². The standard InChI is InChI=1S/C13H12Cl2N2O/c1-8-2-3-10(15)12(6-8)18-7-11-9(14)4-5-13(16)17-11/h2-6H,7H2,1H3,(H2,16,17). The molecule has 5 heteroatoms. The van der Waals surface area contributed by atoms with Crippen molar-refractivity contribution >= 4 is 29.0 Å². The van der Waals surface area contributed by atoms with Crippen molar-refractivity contribution < 1.29 is 4.74 Å². The second-order valence-electron chi connectivity index (χ2n) is 3.89. The van der Waals surface area contributed by atoms with Gasteiger partial charge in [0, 0.05) is 0 Å². The van der Waals surface area contributed by atoms with E-state index in [1.54, 1.807) is 18.2 Å². The predicted molar refractivity (Wildman–Crippen MR) is 74.2 cm³/mol. The molecule has 1 aromatic carbocycles. The monoisotopic (exact) mass is 282 g/mol. The molecule has 3 nitrogen and oxygen atoms in total. The minimum absolute atomic E-state index is 0.229. The maximum absolute atomic E-state index is 6.03. The molecule has 0 atom stereocenters. The van der Waals surface area contributed by atoms with Crippen molar-refractivity contribution in [2.75, 3.05) is 5.73 Å². The Labute approximate surface area is 115 Å². The first kappa shape index (κ1) is 13.0. The molecule has 0 aliphatic heterocycles. The van der Waals surface area contributed by atoms with E-state index in [9.17, 15) is 0 Å². The van der Waals surface area contributed by atoms with Gasteiger partial charge in [-0.2, -0.15) is 0 Å². The summed E-state index contributed by atoms with van der Waals surface area (Å²) < 4.78 is 5.61. The van der Waals surface area contributed by atoms with Gasteiger partial charge in [0.25, 0.3) is 0 Å². The Bertz CT molecular complexity index is 521. The molecule has 0 unspecified atom stereocenters. The van der Waals surface area contributed by atoms with Gasteiger partial charge in [0.05, 0.1) is 15.7 Å². The van der Waals surface area contributed by atoms with Gasteiger partial charge in [0.1, 0.15) is 18.2 Å². The maximum atomic E-state index is 6.03. The second-order valence-corrected chi connectivity index (χ2v) is 4.70. The van der Waals surface area contributed by atoms with Gasteiger partial charge in [-0.3, -0.25) is 0 Å². The zero-order valence-electron chi connectivity index (χ0n) is 9.78. The smallest absolute Gasteiger partial charge is 0.138 e. The third-order valence-electron chi connectivity index (χ3n) is 2.39. The molecule has 0 radical (unpaired) electrons. The number of ether oxygens (including phenoxy) is 1. The van der Waals surface area contributed by atoms with E-state index in [1.807, 2.05) is 19.1 Å². The summed E-state index contributed by atoms with van der Waals surface area (Å²) in [5.74, 6) is 1.02. The van der Waals surface area contributed by atoms with Gasteiger partial charge in [-0.25, -0.2) is 4.98 Å². The van der Waals surface area contributed by atoms with E-state index in [0.29, 0.717) is 27.3 Å². The SMILES string of the molecule is Cc1ccc(Cl)c(OCc2nc(N)ccc2Cl)c1. The average Bonchev–Trinajstić information content (AvgIpc) is 2.34. The molecule has 2 N–H and O–H groups in total. The van der Waals surface area contributed by atoms with Crippen molar-refractivity contribution in [3.05, 3.63) is 51.6 Å². The van der Waals surface area contributed by atoms with Crippen LogP contribution in [0.5, 0.6) is 5.75 Å². The lowest BCUT2D eigenvalue weighted by Gasteiger charge is -2.09. The number of aryl methyl sites for hydroxylation is 1. The molecule has 1 heterocycles. The van der Waals surface area contributed by atoms with E-state index in [2.05, 4.69) is 4.98 Å². The molecule has 94 valence electrons. The molecule has 0 spiro atoms. The zero-order chi connectivity index (χ0) is 13.1. The summed E-state index contributed by atoms with van der Waals surface area (Å²) in [5, 5.41) is 1.08. The molecule has 2 rings (SSSR count). The lowest BCUT2D eigenvalue weighted by Crippen LogP contribution is -2.02. The molecule has 0 aliphatic rings. The minimum atomic E-state index is 0.229. The van der Waals surface area contributed by atoms with Crippen molar-refractivity contribution in [2.24, 2.45) is 0 Å². The fraction of sp³-hybridized carbons (Fsp3) is 0.154. The summed E-state index contributed by atoms with van der Waals surface area (Å²) >= 11 is 12.0. The maximum Gasteiger partial charge on any atom is 0.138 e. The normalized spacial score (nSPS) is 10.4. The van der Waals surface area contributed by atoms with Crippen molar-refractivity contribution in [3.8, 4) is 5.75 Å². The summed E-state index contributed by atoms with van der Waals surface area (Å²) in [6, 6.07) is 8.91. The molecule has 0 amide bonds. The highest BCUT2D eigenvalue weighted by molar-refractivity contribution is 6.32. The minimum Gasteiger partial charge on any atom is -0.486 e. The molecule has 1 aromatic heterocycles. The Morgan fingerprint density at radius 2 is 1.89 bits per heavy atom. The molecule has 0 bridgehead atoms. The lowest BCUT2D eigenvalue weighted by atomic mass is 10.2. The van der Waals surface area contributed by atoms with Gasteiger partial charge in [-0.15, -0.1) is 0 Å². The molecule has 0 saturated heterocycles. The van der Waals surface area contributed by atoms with Gasteiger partial charge in [0.15, 0.2) is 0 Å². The highest BCUT2D eigenvalue weighted by atomic mass is 35.5. The van der Waals surface area contributed by atoms with Crippen LogP contribution in [0, 0.1) is 6.92 Å². The zero-order valence-corrected chi connectivity index (χ0v) is 11.3. The van der Waals surface area contributed by atoms with Gasteiger partial charge in [0.2, 0.25) is 0 Å². The highest BCUT2D eigenvalue weighted by Gasteiger charge is 2.06. The van der Waals surface area contributed by atoms with E-state index in [0.717, 1.165) is 5.56 Å². The number of anilines is 1. The lowest BCUT2D eigenvalue weighted by molar-refractivity contribution is 0.301. The molecule has 0 saturated carbocycles. The Morgan fingerprint density at radius 3 is 2.67 bits per heavy atom. The van der Waals surface area contributed by atoms with E-state index in [4.69, 9.17) is 33.7 Å². The number of halogens is 2. The van der Waals surface area contributed by atoms with Crippen LogP contribution >= 0.6 is 23.2 Å². The second kappa shape index (κ2) is 5.46. The molecule has 2 aromatic rings. The molecular formula is C13H12Cl2N2O. The first-order chi connectivity index (χ1) is 8.56. The molecule has 0 aliphatic carbocycles. The molecule has 18 heavy (non-hydrogen) atoms. The quantitative estimate of drug-likeness (QED) is 0.930. The number of aromatic nitrogens is 1. The first-order valence-corrected chi connectivity index (χ1v) is 6.11. The number of pyridine rings is 1. The number of nitrogen functional groups attached to an aromatic ring is 1. The average molecular weight is 283 g/mol. The Kier molecular flexibility index (Phi) is 3.94. The van der Waals surface area contributed by atoms with Crippen LogP contribution in [-0.2, 0) is 6.61 Å². The van der Waals surface area contributed by atoms with Crippen molar-refractivity contribution in [1.29, 1.82) is 0 Å². The van der Waals surface area contributed by atoms with Crippen molar-refractivity contribution in [1.82, 2.24) is 4.98 Å². The van der Waals surface area contributed by atoms with Gasteiger partial charge in [-0.05, 0) is 36.8 Å². The van der Waals surface area contributed by atoms with Crippen LogP contribution in [0.25, 0.3) is 0 Å². The summed E-state index contributed by atoms with van der Waals surface area (Å²) in [7, 11) is 0. The highest BCUT2D eigenvalue weighted by Crippen LogP contribution is 2.26. The number of hydrogen-bond acceptors (Lipinski definition) is 3. The summed E-state index contributed by atoms with van der Waals surface area (Å²) in [5.41, 5.74) is 7.26. The van der Waals surface area contributed by atoms with E-state index in [-0.39, 0.29) is 6.61 Å². The number of rotatable bonds is 3. The van der Waals surface area contributed by atoms with Gasteiger partial charge < -0.3 is 10.5 Å². The third-order valence-corrected chi connectivity index (χ3v) is 3.05. The van der Waals surface area contributed by atoms with Crippen LogP contribution in [0.1, 0.15) is 11.3 Å². The summed E-state index contributed by atoms with van der Waals surface area (Å²) in [6.07, 6.45) is 0. The van der Waals surface area contributed by atoms with Crippen LogP contribution in [0.4, 0.5) is 5.82 Å². The summed E-state index contributed by atoms with van der Waals surface area (Å²) in [6.45, 7) is 2.20. The fourth-order valence-corrected chi connectivity index (χ4v) is 1.80. The van der Waals surface area contributed by atoms with Crippen LogP contribution < -0.4 is 10.5 Å². The fourth-order valence-electron chi connectivity index (χ4n) is 1.47. The van der Waals surface area contributed by atoms with Crippen LogP contribution in [0.2, 0.25) is 10.0 Å². The Balaban J connectivity index is 2.16. The topological polar surface area (TPSA) is 48.1 Å². The number of nitrogens with zero attached hydrogens (tertiary/aromatic N) is 1. The van der Waals surface area contributed by atoms with Crippen molar-refractivity contribution in [2.45, 2.75) is 13.5 Å². The Morgan fingerprint density at radius 1 is 1.17 bits per heavy atom. The number of hydrogen-bond donors (Lipinski definition) is 1. The largest absolute Gasteiger partial charge is 0.486 e. The van der Waals surface area contributed by atoms with Gasteiger partial charge in [-0.1, -0.05) is 29.3 Å². The van der Waals surface area contributed by atoms with E-state index >= 15 is 0 Å². The molecular weight excluding hydrogens is 271 g/mol. The Hall–Kier alpha value is -1.45. The predicted octanol–water partition coefficient (Wildman–Crippen LogP) is 3.86. The summed E-state index contributed by atoms with van der Waals surface area (Å²) in [4.78, 5) is 4.12. The molecule has 0 fully saturated rings.